The molecule has 1 fully saturated rings. The highest BCUT2D eigenvalue weighted by Crippen LogP contribution is 2.39. The van der Waals surface area contributed by atoms with Gasteiger partial charge in [-0.1, -0.05) is 30.3 Å². The van der Waals surface area contributed by atoms with Crippen LogP contribution in [0.25, 0.3) is 11.3 Å². The van der Waals surface area contributed by atoms with E-state index < -0.39 is 0 Å². The summed E-state index contributed by atoms with van der Waals surface area (Å²) in [5.41, 5.74) is 3.84. The van der Waals surface area contributed by atoms with Crippen LogP contribution in [0.2, 0.25) is 0 Å². The van der Waals surface area contributed by atoms with E-state index in [0.29, 0.717) is 18.3 Å². The van der Waals surface area contributed by atoms with Gasteiger partial charge in [-0.25, -0.2) is 4.79 Å². The molecule has 1 aromatic carbocycles. The third-order valence-corrected chi connectivity index (χ3v) is 4.40. The Balaban J connectivity index is 1.33. The van der Waals surface area contributed by atoms with Gasteiger partial charge in [0.15, 0.2) is 5.82 Å². The van der Waals surface area contributed by atoms with Crippen LogP contribution in [0, 0.1) is 0 Å². The van der Waals surface area contributed by atoms with E-state index in [4.69, 9.17) is 0 Å². The van der Waals surface area contributed by atoms with Crippen LogP contribution in [0.15, 0.2) is 48.5 Å². The molecule has 4 rings (SSSR count). The van der Waals surface area contributed by atoms with Crippen molar-refractivity contribution >= 4 is 11.8 Å². The van der Waals surface area contributed by atoms with Crippen LogP contribution in [0.4, 0.5) is 10.6 Å². The zero-order valence-corrected chi connectivity index (χ0v) is 14.5. The van der Waals surface area contributed by atoms with Gasteiger partial charge in [-0.05, 0) is 31.0 Å². The van der Waals surface area contributed by atoms with Gasteiger partial charge < -0.3 is 5.32 Å². The summed E-state index contributed by atoms with van der Waals surface area (Å²) in [6, 6.07) is 15.1. The summed E-state index contributed by atoms with van der Waals surface area (Å²) < 4.78 is 1.82. The maximum Gasteiger partial charge on any atom is 0.320 e. The van der Waals surface area contributed by atoms with Crippen molar-refractivity contribution in [3.8, 4) is 11.3 Å². The third kappa shape index (κ3) is 3.72. The molecule has 26 heavy (non-hydrogen) atoms. The second-order valence-corrected chi connectivity index (χ2v) is 6.44. The molecule has 132 valence electrons. The molecular formula is C19H20N6O. The number of nitrogens with zero attached hydrogens (tertiary/aromatic N) is 4. The van der Waals surface area contributed by atoms with Gasteiger partial charge in [-0.3, -0.25) is 10.00 Å². The van der Waals surface area contributed by atoms with Crippen LogP contribution in [0.1, 0.15) is 30.1 Å². The topological polar surface area (TPSA) is 84.7 Å². The predicted molar refractivity (Wildman–Crippen MR) is 98.5 cm³/mol. The fourth-order valence-corrected chi connectivity index (χ4v) is 2.77. The lowest BCUT2D eigenvalue weighted by Crippen LogP contribution is -2.29. The molecule has 3 aromatic rings. The smallest absolute Gasteiger partial charge is 0.320 e. The Morgan fingerprint density at radius 3 is 2.65 bits per heavy atom. The number of hydrogen-bond donors (Lipinski definition) is 2. The number of aromatic nitrogens is 4. The Hall–Kier alpha value is -3.22. The molecule has 7 nitrogen and oxygen atoms in total. The van der Waals surface area contributed by atoms with Crippen LogP contribution in [0.5, 0.6) is 0 Å². The van der Waals surface area contributed by atoms with E-state index in [1.807, 2.05) is 48.1 Å². The molecule has 0 unspecified atom stereocenters. The van der Waals surface area contributed by atoms with Gasteiger partial charge in [0.2, 0.25) is 0 Å². The first-order valence-electron chi connectivity index (χ1n) is 8.66. The maximum absolute atomic E-state index is 12.1. The molecule has 7 heteroatoms. The third-order valence-electron chi connectivity index (χ3n) is 4.40. The lowest BCUT2D eigenvalue weighted by Gasteiger charge is -2.07. The van der Waals surface area contributed by atoms with E-state index in [1.54, 1.807) is 6.07 Å². The van der Waals surface area contributed by atoms with Crippen molar-refractivity contribution in [1.29, 1.82) is 0 Å². The summed E-state index contributed by atoms with van der Waals surface area (Å²) in [4.78, 5) is 12.1. The molecule has 1 saturated carbocycles. The molecule has 1 aliphatic rings. The van der Waals surface area contributed by atoms with Gasteiger partial charge in [0.25, 0.3) is 0 Å². The molecule has 2 heterocycles. The minimum Gasteiger partial charge on any atom is -0.332 e. The average Bonchev–Trinajstić information content (AvgIpc) is 3.45. The molecule has 0 atom stereocenters. The minimum absolute atomic E-state index is 0.319. The van der Waals surface area contributed by atoms with Crippen LogP contribution >= 0.6 is 0 Å². The SMILES string of the molecule is Cn1nc(C2CC2)cc1CNC(=O)Nc1ccc(-c2ccccc2)nn1. The van der Waals surface area contributed by atoms with Crippen molar-refractivity contribution in [1.82, 2.24) is 25.3 Å². The van der Waals surface area contributed by atoms with Gasteiger partial charge in [-0.2, -0.15) is 5.10 Å². The second-order valence-electron chi connectivity index (χ2n) is 6.44. The molecule has 2 aromatic heterocycles. The van der Waals surface area contributed by atoms with Crippen molar-refractivity contribution in [2.24, 2.45) is 7.05 Å². The number of carbonyl (C=O) groups is 1. The van der Waals surface area contributed by atoms with Crippen LogP contribution in [-0.4, -0.2) is 26.0 Å². The number of amides is 2. The van der Waals surface area contributed by atoms with Gasteiger partial charge in [0.1, 0.15) is 0 Å². The lowest BCUT2D eigenvalue weighted by molar-refractivity contribution is 0.251. The standard InChI is InChI=1S/C19H20N6O/c1-25-15(11-17(24-25)14-7-8-14)12-20-19(26)21-18-10-9-16(22-23-18)13-5-3-2-4-6-13/h2-6,9-11,14H,7-8,12H2,1H3,(H2,20,21,23,26). The Labute approximate surface area is 151 Å². The van der Waals surface area contributed by atoms with E-state index in [2.05, 4.69) is 32.0 Å². The molecule has 0 saturated heterocycles. The van der Waals surface area contributed by atoms with E-state index in [1.165, 1.54) is 12.8 Å². The largest absolute Gasteiger partial charge is 0.332 e. The van der Waals surface area contributed by atoms with E-state index >= 15 is 0 Å². The summed E-state index contributed by atoms with van der Waals surface area (Å²) in [6.45, 7) is 0.414. The number of nitrogens with one attached hydrogen (secondary N) is 2. The Bertz CT molecular complexity index is 900. The first-order chi connectivity index (χ1) is 12.7. The molecule has 1 aliphatic carbocycles. The number of hydrogen-bond acceptors (Lipinski definition) is 4. The summed E-state index contributed by atoms with van der Waals surface area (Å²) >= 11 is 0. The highest BCUT2D eigenvalue weighted by molar-refractivity contribution is 5.88. The zero-order chi connectivity index (χ0) is 17.9. The molecule has 0 radical (unpaired) electrons. The molecule has 0 spiro atoms. The molecule has 0 aliphatic heterocycles. The quantitative estimate of drug-likeness (QED) is 0.742. The van der Waals surface area contributed by atoms with E-state index in [9.17, 15) is 4.79 Å². The zero-order valence-electron chi connectivity index (χ0n) is 14.5. The summed E-state index contributed by atoms with van der Waals surface area (Å²) in [5, 5.41) is 18.2. The molecule has 2 amide bonds. The molecule has 2 N–H and O–H groups in total. The number of rotatable bonds is 5. The van der Waals surface area contributed by atoms with Crippen molar-refractivity contribution in [3.05, 3.63) is 59.9 Å². The number of aryl methyl sites for hydroxylation is 1. The maximum atomic E-state index is 12.1. The van der Waals surface area contributed by atoms with Crippen molar-refractivity contribution in [2.75, 3.05) is 5.32 Å². The lowest BCUT2D eigenvalue weighted by atomic mass is 10.1. The predicted octanol–water partition coefficient (Wildman–Crippen LogP) is 3.08. The minimum atomic E-state index is -0.319. The number of urea groups is 1. The molecular weight excluding hydrogens is 328 g/mol. The van der Waals surface area contributed by atoms with Gasteiger partial charge in [0, 0.05) is 18.5 Å². The second kappa shape index (κ2) is 6.95. The number of benzene rings is 1. The number of anilines is 1. The average molecular weight is 348 g/mol. The van der Waals surface area contributed by atoms with Crippen molar-refractivity contribution < 1.29 is 4.79 Å². The summed E-state index contributed by atoms with van der Waals surface area (Å²) in [5.74, 6) is 1.01. The monoisotopic (exact) mass is 348 g/mol. The summed E-state index contributed by atoms with van der Waals surface area (Å²) in [7, 11) is 1.90. The number of carbonyl (C=O) groups excluding carboxylic acids is 1. The van der Waals surface area contributed by atoms with Crippen molar-refractivity contribution in [2.45, 2.75) is 25.3 Å². The highest BCUT2D eigenvalue weighted by Gasteiger charge is 2.26. The Kier molecular flexibility index (Phi) is 4.35. The van der Waals surface area contributed by atoms with E-state index in [0.717, 1.165) is 22.6 Å². The normalized spacial score (nSPS) is 13.4. The first kappa shape index (κ1) is 16.3. The fourth-order valence-electron chi connectivity index (χ4n) is 2.77. The first-order valence-corrected chi connectivity index (χ1v) is 8.66. The van der Waals surface area contributed by atoms with Crippen LogP contribution < -0.4 is 10.6 Å². The van der Waals surface area contributed by atoms with Gasteiger partial charge in [-0.15, -0.1) is 10.2 Å². The fraction of sp³-hybridized carbons (Fsp3) is 0.263. The highest BCUT2D eigenvalue weighted by atomic mass is 16.2. The van der Waals surface area contributed by atoms with Gasteiger partial charge >= 0.3 is 6.03 Å². The van der Waals surface area contributed by atoms with Crippen LogP contribution in [-0.2, 0) is 13.6 Å². The van der Waals surface area contributed by atoms with Crippen molar-refractivity contribution in [3.63, 3.8) is 0 Å². The van der Waals surface area contributed by atoms with E-state index in [-0.39, 0.29) is 6.03 Å². The molecule has 0 bridgehead atoms. The van der Waals surface area contributed by atoms with Gasteiger partial charge in [0.05, 0.1) is 23.6 Å². The summed E-state index contributed by atoms with van der Waals surface area (Å²) in [6.07, 6.45) is 2.42. The Morgan fingerprint density at radius 2 is 1.96 bits per heavy atom. The Morgan fingerprint density at radius 1 is 1.15 bits per heavy atom. The van der Waals surface area contributed by atoms with Crippen LogP contribution in [0.3, 0.4) is 0 Å².